The fraction of sp³-hybridized carbons (Fsp3) is 0.158. The highest BCUT2D eigenvalue weighted by Gasteiger charge is 2.13. The van der Waals surface area contributed by atoms with Crippen molar-refractivity contribution >= 4 is 29.6 Å². The molecule has 124 valence electrons. The fourth-order valence-corrected chi connectivity index (χ4v) is 2.40. The van der Waals surface area contributed by atoms with Gasteiger partial charge in [0.15, 0.2) is 6.61 Å². The first kappa shape index (κ1) is 17.8. The van der Waals surface area contributed by atoms with Gasteiger partial charge >= 0.3 is 5.97 Å². The third-order valence-corrected chi connectivity index (χ3v) is 3.65. The van der Waals surface area contributed by atoms with Crippen LogP contribution >= 0.6 is 11.6 Å². The van der Waals surface area contributed by atoms with Crippen molar-refractivity contribution in [3.8, 4) is 0 Å². The van der Waals surface area contributed by atoms with Crippen molar-refractivity contribution < 1.29 is 14.3 Å². The first-order valence-corrected chi connectivity index (χ1v) is 7.87. The van der Waals surface area contributed by atoms with E-state index in [1.807, 2.05) is 55.5 Å². The molecule has 1 amide bonds. The lowest BCUT2D eigenvalue weighted by Crippen LogP contribution is -2.31. The number of rotatable bonds is 6. The molecule has 0 saturated carbocycles. The minimum absolute atomic E-state index is 0.273. The van der Waals surface area contributed by atoms with Gasteiger partial charge in [0.25, 0.3) is 5.91 Å². The average Bonchev–Trinajstić information content (AvgIpc) is 2.59. The summed E-state index contributed by atoms with van der Waals surface area (Å²) < 4.78 is 4.92. The van der Waals surface area contributed by atoms with E-state index < -0.39 is 5.97 Å². The Bertz CT molecular complexity index is 728. The average molecular weight is 344 g/mol. The minimum Gasteiger partial charge on any atom is -0.452 e. The SMILES string of the molecule is C[C@@H](NC(=O)COC(=O)/C=C/c1ccccc1)c1ccccc1Cl. The summed E-state index contributed by atoms with van der Waals surface area (Å²) in [5, 5.41) is 3.32. The third kappa shape index (κ3) is 5.56. The highest BCUT2D eigenvalue weighted by atomic mass is 35.5. The van der Waals surface area contributed by atoms with Crippen LogP contribution in [0.1, 0.15) is 24.1 Å². The number of ether oxygens (including phenoxy) is 1. The molecule has 0 aliphatic heterocycles. The molecule has 24 heavy (non-hydrogen) atoms. The zero-order valence-corrected chi connectivity index (χ0v) is 14.0. The standard InChI is InChI=1S/C19H18ClNO3/c1-14(16-9-5-6-10-17(16)20)21-18(22)13-24-19(23)12-11-15-7-3-2-4-8-15/h2-12,14H,13H2,1H3,(H,21,22)/b12-11+/t14-/m1/s1. The molecule has 2 aromatic rings. The molecule has 0 aliphatic rings. The maximum atomic E-state index is 11.9. The highest BCUT2D eigenvalue weighted by molar-refractivity contribution is 6.31. The summed E-state index contributed by atoms with van der Waals surface area (Å²) in [7, 11) is 0. The van der Waals surface area contributed by atoms with Gasteiger partial charge in [-0.1, -0.05) is 60.1 Å². The molecule has 4 nitrogen and oxygen atoms in total. The summed E-state index contributed by atoms with van der Waals surface area (Å²) in [6, 6.07) is 16.3. The largest absolute Gasteiger partial charge is 0.452 e. The van der Waals surface area contributed by atoms with E-state index >= 15 is 0 Å². The van der Waals surface area contributed by atoms with Crippen LogP contribution in [-0.2, 0) is 14.3 Å². The second-order valence-electron chi connectivity index (χ2n) is 5.16. The van der Waals surface area contributed by atoms with Gasteiger partial charge in [0.2, 0.25) is 0 Å². The number of nitrogens with one attached hydrogen (secondary N) is 1. The molecule has 0 spiro atoms. The van der Waals surface area contributed by atoms with Gasteiger partial charge in [-0.2, -0.15) is 0 Å². The second kappa shape index (κ2) is 8.89. The van der Waals surface area contributed by atoms with Crippen LogP contribution in [0.4, 0.5) is 0 Å². The van der Waals surface area contributed by atoms with E-state index in [9.17, 15) is 9.59 Å². The molecule has 0 aromatic heterocycles. The van der Waals surface area contributed by atoms with Crippen molar-refractivity contribution in [3.05, 3.63) is 76.8 Å². The molecule has 0 fully saturated rings. The Hall–Kier alpha value is -2.59. The first-order valence-electron chi connectivity index (χ1n) is 7.50. The van der Waals surface area contributed by atoms with Crippen LogP contribution in [0.15, 0.2) is 60.7 Å². The molecule has 1 atom stereocenters. The molecule has 0 radical (unpaired) electrons. The Morgan fingerprint density at radius 1 is 1.12 bits per heavy atom. The molecule has 0 saturated heterocycles. The normalized spacial score (nSPS) is 11.9. The van der Waals surface area contributed by atoms with Crippen LogP contribution in [0.2, 0.25) is 5.02 Å². The summed E-state index contributed by atoms with van der Waals surface area (Å²) in [6.45, 7) is 1.48. The van der Waals surface area contributed by atoms with Gasteiger partial charge in [-0.3, -0.25) is 4.79 Å². The van der Waals surface area contributed by atoms with Gasteiger partial charge in [-0.05, 0) is 30.2 Å². The number of carbonyl (C=O) groups excluding carboxylic acids is 2. The molecule has 0 heterocycles. The van der Waals surface area contributed by atoms with E-state index in [1.54, 1.807) is 12.1 Å². The molecule has 0 unspecified atom stereocenters. The van der Waals surface area contributed by atoms with Crippen molar-refractivity contribution in [2.45, 2.75) is 13.0 Å². The van der Waals surface area contributed by atoms with Gasteiger partial charge in [-0.25, -0.2) is 4.79 Å². The molecule has 5 heteroatoms. The Morgan fingerprint density at radius 3 is 2.50 bits per heavy atom. The van der Waals surface area contributed by atoms with E-state index in [0.29, 0.717) is 5.02 Å². The van der Waals surface area contributed by atoms with Crippen molar-refractivity contribution in [2.24, 2.45) is 0 Å². The quantitative estimate of drug-likeness (QED) is 0.641. The molecule has 0 bridgehead atoms. The summed E-state index contributed by atoms with van der Waals surface area (Å²) in [5.41, 5.74) is 1.69. The predicted molar refractivity (Wildman–Crippen MR) is 94.4 cm³/mol. The van der Waals surface area contributed by atoms with E-state index in [-0.39, 0.29) is 18.6 Å². The Labute approximate surface area is 146 Å². The fourth-order valence-electron chi connectivity index (χ4n) is 2.10. The lowest BCUT2D eigenvalue weighted by Gasteiger charge is -2.15. The number of esters is 1. The van der Waals surface area contributed by atoms with Gasteiger partial charge in [-0.15, -0.1) is 0 Å². The van der Waals surface area contributed by atoms with Crippen LogP contribution in [0.25, 0.3) is 6.08 Å². The van der Waals surface area contributed by atoms with Crippen LogP contribution in [0.5, 0.6) is 0 Å². The molecular formula is C19H18ClNO3. The maximum Gasteiger partial charge on any atom is 0.331 e. The smallest absolute Gasteiger partial charge is 0.331 e. The number of amides is 1. The topological polar surface area (TPSA) is 55.4 Å². The van der Waals surface area contributed by atoms with Crippen LogP contribution in [0.3, 0.4) is 0 Å². The monoisotopic (exact) mass is 343 g/mol. The zero-order chi connectivity index (χ0) is 17.4. The van der Waals surface area contributed by atoms with Gasteiger partial charge in [0, 0.05) is 11.1 Å². The Morgan fingerprint density at radius 2 is 1.79 bits per heavy atom. The number of hydrogen-bond acceptors (Lipinski definition) is 3. The van der Waals surface area contributed by atoms with Crippen molar-refractivity contribution in [2.75, 3.05) is 6.61 Å². The lowest BCUT2D eigenvalue weighted by molar-refractivity contribution is -0.144. The van der Waals surface area contributed by atoms with E-state index in [0.717, 1.165) is 11.1 Å². The van der Waals surface area contributed by atoms with Crippen molar-refractivity contribution in [1.29, 1.82) is 0 Å². The van der Waals surface area contributed by atoms with Gasteiger partial charge in [0.1, 0.15) is 0 Å². The Kier molecular flexibility index (Phi) is 6.58. The maximum absolute atomic E-state index is 11.9. The van der Waals surface area contributed by atoms with Gasteiger partial charge < -0.3 is 10.1 Å². The number of halogens is 1. The molecule has 2 aromatic carbocycles. The van der Waals surface area contributed by atoms with E-state index in [2.05, 4.69) is 5.32 Å². The molecule has 2 rings (SSSR count). The van der Waals surface area contributed by atoms with Crippen LogP contribution in [0, 0.1) is 0 Å². The lowest BCUT2D eigenvalue weighted by atomic mass is 10.1. The number of hydrogen-bond donors (Lipinski definition) is 1. The van der Waals surface area contributed by atoms with E-state index in [1.165, 1.54) is 6.08 Å². The second-order valence-corrected chi connectivity index (χ2v) is 5.57. The first-order chi connectivity index (χ1) is 11.6. The summed E-state index contributed by atoms with van der Waals surface area (Å²) in [6.07, 6.45) is 2.92. The van der Waals surface area contributed by atoms with Crippen LogP contribution < -0.4 is 5.32 Å². The van der Waals surface area contributed by atoms with Gasteiger partial charge in [0.05, 0.1) is 6.04 Å². The predicted octanol–water partition coefficient (Wildman–Crippen LogP) is 3.77. The third-order valence-electron chi connectivity index (χ3n) is 3.31. The van der Waals surface area contributed by atoms with Crippen molar-refractivity contribution in [3.63, 3.8) is 0 Å². The van der Waals surface area contributed by atoms with Crippen molar-refractivity contribution in [1.82, 2.24) is 5.32 Å². The number of carbonyl (C=O) groups is 2. The highest BCUT2D eigenvalue weighted by Crippen LogP contribution is 2.21. The molecular weight excluding hydrogens is 326 g/mol. The minimum atomic E-state index is -0.570. The zero-order valence-electron chi connectivity index (χ0n) is 13.2. The number of benzene rings is 2. The summed E-state index contributed by atoms with van der Waals surface area (Å²) >= 11 is 6.08. The molecule has 0 aliphatic carbocycles. The Balaban J connectivity index is 1.79. The van der Waals surface area contributed by atoms with Crippen LogP contribution in [-0.4, -0.2) is 18.5 Å². The molecule has 1 N–H and O–H groups in total. The summed E-state index contributed by atoms with van der Waals surface area (Å²) in [4.78, 5) is 23.5. The van der Waals surface area contributed by atoms with E-state index in [4.69, 9.17) is 16.3 Å². The summed E-state index contributed by atoms with van der Waals surface area (Å²) in [5.74, 6) is -0.955.